The molecule has 0 heterocycles. The Balaban J connectivity index is 2.84. The van der Waals surface area contributed by atoms with Gasteiger partial charge in [0.1, 0.15) is 0 Å². The number of aryl methyl sites for hydroxylation is 2. The summed E-state index contributed by atoms with van der Waals surface area (Å²) in [6.45, 7) is 13.6. The Morgan fingerprint density at radius 3 is 2.33 bits per heavy atom. The highest BCUT2D eigenvalue weighted by Crippen LogP contribution is 2.33. The summed E-state index contributed by atoms with van der Waals surface area (Å²) in [5.41, 5.74) is 4.76. The van der Waals surface area contributed by atoms with E-state index >= 15 is 0 Å². The second-order valence-electron chi connectivity index (χ2n) is 6.73. The Labute approximate surface area is 132 Å². The molecule has 1 nitrogen and oxygen atoms in total. The van der Waals surface area contributed by atoms with Crippen LogP contribution < -0.4 is 5.32 Å². The molecule has 0 radical (unpaired) electrons. The summed E-state index contributed by atoms with van der Waals surface area (Å²) in [5.74, 6) is 0. The molecule has 0 saturated heterocycles. The summed E-state index contributed by atoms with van der Waals surface area (Å²) < 4.78 is 0. The van der Waals surface area contributed by atoms with Crippen molar-refractivity contribution in [3.8, 4) is 0 Å². The second-order valence-corrected chi connectivity index (χ2v) is 6.73. The van der Waals surface area contributed by atoms with Crippen molar-refractivity contribution < 1.29 is 0 Å². The molecule has 0 aliphatic rings. The topological polar surface area (TPSA) is 12.0 Å². The van der Waals surface area contributed by atoms with Gasteiger partial charge in [0.25, 0.3) is 0 Å². The maximum atomic E-state index is 3.68. The van der Waals surface area contributed by atoms with Crippen molar-refractivity contribution in [2.75, 3.05) is 13.1 Å². The minimum atomic E-state index is 0.423. The summed E-state index contributed by atoms with van der Waals surface area (Å²) >= 11 is 0. The molecule has 1 atom stereocenters. The van der Waals surface area contributed by atoms with Crippen LogP contribution in [0.1, 0.15) is 69.6 Å². The first-order valence-electron chi connectivity index (χ1n) is 8.83. The van der Waals surface area contributed by atoms with Gasteiger partial charge >= 0.3 is 0 Å². The molecule has 0 aliphatic carbocycles. The summed E-state index contributed by atoms with van der Waals surface area (Å²) in [6.07, 6.45) is 7.66. The fourth-order valence-electron chi connectivity index (χ4n) is 3.09. The van der Waals surface area contributed by atoms with Crippen LogP contribution in [0.4, 0.5) is 0 Å². The molecule has 0 spiro atoms. The van der Waals surface area contributed by atoms with Crippen LogP contribution in [0.5, 0.6) is 0 Å². The predicted octanol–water partition coefficient (Wildman–Crippen LogP) is 5.43. The normalized spacial score (nSPS) is 14.1. The highest BCUT2D eigenvalue weighted by atomic mass is 14.9. The van der Waals surface area contributed by atoms with E-state index in [1.54, 1.807) is 0 Å². The third-order valence-electron chi connectivity index (χ3n) is 4.89. The molecule has 1 aromatic carbocycles. The number of hydrogen-bond acceptors (Lipinski definition) is 1. The van der Waals surface area contributed by atoms with Gasteiger partial charge in [-0.1, -0.05) is 51.8 Å². The standard InChI is InChI=1S/C20H35N/c1-6-9-12-20(8-3,16-21-13-7-2)15-19-11-10-17(4)18(5)14-19/h10-11,14,21H,6-9,12-13,15-16H2,1-5H3. The van der Waals surface area contributed by atoms with E-state index < -0.39 is 0 Å². The monoisotopic (exact) mass is 289 g/mol. The quantitative estimate of drug-likeness (QED) is 0.566. The molecule has 120 valence electrons. The predicted molar refractivity (Wildman–Crippen MR) is 95.0 cm³/mol. The average Bonchev–Trinajstić information content (AvgIpc) is 2.48. The number of rotatable bonds is 10. The summed E-state index contributed by atoms with van der Waals surface area (Å²) in [5, 5.41) is 3.68. The molecule has 1 rings (SSSR count). The van der Waals surface area contributed by atoms with E-state index in [2.05, 4.69) is 58.1 Å². The lowest BCUT2D eigenvalue weighted by Gasteiger charge is -2.34. The maximum Gasteiger partial charge on any atom is 0.00109 e. The number of benzene rings is 1. The Hall–Kier alpha value is -0.820. The molecule has 0 aliphatic heterocycles. The summed E-state index contributed by atoms with van der Waals surface area (Å²) in [6, 6.07) is 7.01. The van der Waals surface area contributed by atoms with Crippen LogP contribution in [0.25, 0.3) is 0 Å². The highest BCUT2D eigenvalue weighted by molar-refractivity contribution is 5.30. The molecule has 21 heavy (non-hydrogen) atoms. The van der Waals surface area contributed by atoms with Crippen molar-refractivity contribution in [3.63, 3.8) is 0 Å². The smallest absolute Gasteiger partial charge is 0.00109 e. The summed E-state index contributed by atoms with van der Waals surface area (Å²) in [4.78, 5) is 0. The molecule has 0 fully saturated rings. The maximum absolute atomic E-state index is 3.68. The third-order valence-corrected chi connectivity index (χ3v) is 4.89. The molecule has 0 amide bonds. The lowest BCUT2D eigenvalue weighted by molar-refractivity contribution is 0.229. The number of hydrogen-bond donors (Lipinski definition) is 1. The molecule has 0 aromatic heterocycles. The van der Waals surface area contributed by atoms with Gasteiger partial charge in [0.05, 0.1) is 0 Å². The van der Waals surface area contributed by atoms with Gasteiger partial charge in [-0.3, -0.25) is 0 Å². The summed E-state index contributed by atoms with van der Waals surface area (Å²) in [7, 11) is 0. The van der Waals surface area contributed by atoms with Gasteiger partial charge in [-0.25, -0.2) is 0 Å². The van der Waals surface area contributed by atoms with Crippen LogP contribution in [-0.4, -0.2) is 13.1 Å². The van der Waals surface area contributed by atoms with Crippen LogP contribution in [0.15, 0.2) is 18.2 Å². The minimum absolute atomic E-state index is 0.423. The van der Waals surface area contributed by atoms with Crippen LogP contribution >= 0.6 is 0 Å². The molecule has 0 saturated carbocycles. The molecule has 1 N–H and O–H groups in total. The first kappa shape index (κ1) is 18.2. The van der Waals surface area contributed by atoms with Gasteiger partial charge < -0.3 is 5.32 Å². The van der Waals surface area contributed by atoms with E-state index in [0.717, 1.165) is 13.1 Å². The Bertz CT molecular complexity index is 410. The van der Waals surface area contributed by atoms with E-state index in [9.17, 15) is 0 Å². The zero-order chi connectivity index (χ0) is 15.7. The van der Waals surface area contributed by atoms with Gasteiger partial charge in [-0.2, -0.15) is 0 Å². The second kappa shape index (κ2) is 9.25. The van der Waals surface area contributed by atoms with Crippen molar-refractivity contribution in [3.05, 3.63) is 34.9 Å². The van der Waals surface area contributed by atoms with Crippen molar-refractivity contribution in [2.45, 2.75) is 73.1 Å². The Kier molecular flexibility index (Phi) is 8.03. The van der Waals surface area contributed by atoms with Crippen LogP contribution in [-0.2, 0) is 6.42 Å². The molecular formula is C20H35N. The minimum Gasteiger partial charge on any atom is -0.316 e. The van der Waals surface area contributed by atoms with Crippen LogP contribution in [0.3, 0.4) is 0 Å². The van der Waals surface area contributed by atoms with Crippen molar-refractivity contribution in [2.24, 2.45) is 5.41 Å². The SMILES string of the molecule is CCCCC(CC)(CNCCC)Cc1ccc(C)c(C)c1. The van der Waals surface area contributed by atoms with Gasteiger partial charge in [-0.05, 0) is 68.2 Å². The molecule has 0 bridgehead atoms. The average molecular weight is 290 g/mol. The van der Waals surface area contributed by atoms with Gasteiger partial charge in [-0.15, -0.1) is 0 Å². The lowest BCUT2D eigenvalue weighted by atomic mass is 9.75. The van der Waals surface area contributed by atoms with Gasteiger partial charge in [0.15, 0.2) is 0 Å². The van der Waals surface area contributed by atoms with E-state index in [0.29, 0.717) is 5.41 Å². The first-order valence-corrected chi connectivity index (χ1v) is 8.83. The number of nitrogens with one attached hydrogen (secondary N) is 1. The molecule has 1 aromatic rings. The Morgan fingerprint density at radius 2 is 1.76 bits per heavy atom. The molecule has 1 heteroatoms. The highest BCUT2D eigenvalue weighted by Gasteiger charge is 2.27. The van der Waals surface area contributed by atoms with E-state index in [-0.39, 0.29) is 0 Å². The fraction of sp³-hybridized carbons (Fsp3) is 0.700. The van der Waals surface area contributed by atoms with E-state index in [1.807, 2.05) is 0 Å². The van der Waals surface area contributed by atoms with Crippen molar-refractivity contribution >= 4 is 0 Å². The largest absolute Gasteiger partial charge is 0.316 e. The zero-order valence-corrected chi connectivity index (χ0v) is 14.9. The number of unbranched alkanes of at least 4 members (excludes halogenated alkanes) is 1. The first-order chi connectivity index (χ1) is 10.1. The van der Waals surface area contributed by atoms with Crippen LogP contribution in [0, 0.1) is 19.3 Å². The third kappa shape index (κ3) is 5.82. The van der Waals surface area contributed by atoms with Crippen LogP contribution in [0.2, 0.25) is 0 Å². The zero-order valence-electron chi connectivity index (χ0n) is 14.9. The lowest BCUT2D eigenvalue weighted by Crippen LogP contribution is -2.36. The van der Waals surface area contributed by atoms with Crippen molar-refractivity contribution in [1.82, 2.24) is 5.32 Å². The van der Waals surface area contributed by atoms with Gasteiger partial charge in [0, 0.05) is 6.54 Å². The molecular weight excluding hydrogens is 254 g/mol. The fourth-order valence-corrected chi connectivity index (χ4v) is 3.09. The van der Waals surface area contributed by atoms with Gasteiger partial charge in [0.2, 0.25) is 0 Å². The Morgan fingerprint density at radius 1 is 1.00 bits per heavy atom. The van der Waals surface area contributed by atoms with E-state index in [1.165, 1.54) is 55.2 Å². The van der Waals surface area contributed by atoms with E-state index in [4.69, 9.17) is 0 Å². The molecule has 1 unspecified atom stereocenters. The van der Waals surface area contributed by atoms with Crippen molar-refractivity contribution in [1.29, 1.82) is 0 Å².